The quantitative estimate of drug-likeness (QED) is 0.826. The summed E-state index contributed by atoms with van der Waals surface area (Å²) in [4.78, 5) is 4.21. The van der Waals surface area contributed by atoms with Gasteiger partial charge in [-0.15, -0.1) is 0 Å². The molecule has 0 fully saturated rings. The van der Waals surface area contributed by atoms with Gasteiger partial charge in [0.05, 0.1) is 24.2 Å². The van der Waals surface area contributed by atoms with Crippen molar-refractivity contribution in [3.8, 4) is 0 Å². The van der Waals surface area contributed by atoms with E-state index in [1.807, 2.05) is 10.8 Å². The van der Waals surface area contributed by atoms with Crippen molar-refractivity contribution in [2.75, 3.05) is 6.61 Å². The zero-order chi connectivity index (χ0) is 19.8. The Bertz CT molecular complexity index is 863. The molecule has 144 valence electrons. The highest BCUT2D eigenvalue weighted by Crippen LogP contribution is 2.44. The third-order valence-corrected chi connectivity index (χ3v) is 5.60. The average molecular weight is 369 g/mol. The van der Waals surface area contributed by atoms with Gasteiger partial charge in [-0.1, -0.05) is 39.8 Å². The second-order valence-electron chi connectivity index (χ2n) is 7.89. The number of nitrogens with one attached hydrogen (secondary N) is 1. The van der Waals surface area contributed by atoms with Crippen LogP contribution in [0.4, 0.5) is 4.39 Å². The molecule has 1 aliphatic rings. The molecule has 1 unspecified atom stereocenters. The lowest BCUT2D eigenvalue weighted by Gasteiger charge is -2.45. The van der Waals surface area contributed by atoms with Crippen LogP contribution in [0.2, 0.25) is 0 Å². The summed E-state index contributed by atoms with van der Waals surface area (Å²) in [6.45, 7) is 10.6. The number of imidazole rings is 1. The number of aliphatic hydroxyl groups is 1. The van der Waals surface area contributed by atoms with E-state index in [4.69, 9.17) is 0 Å². The summed E-state index contributed by atoms with van der Waals surface area (Å²) < 4.78 is 15.6. The van der Waals surface area contributed by atoms with Crippen LogP contribution < -0.4 is 5.32 Å². The van der Waals surface area contributed by atoms with Gasteiger partial charge < -0.3 is 15.0 Å². The van der Waals surface area contributed by atoms with Crippen LogP contribution in [0.3, 0.4) is 0 Å². The van der Waals surface area contributed by atoms with Gasteiger partial charge in [0, 0.05) is 23.7 Å². The van der Waals surface area contributed by atoms with Crippen LogP contribution in [0.1, 0.15) is 40.2 Å². The number of halogens is 1. The molecule has 0 spiro atoms. The number of dihydropyridines is 1. The molecule has 1 aromatic heterocycles. The van der Waals surface area contributed by atoms with Crippen molar-refractivity contribution in [2.45, 2.75) is 40.2 Å². The Labute approximate surface area is 160 Å². The van der Waals surface area contributed by atoms with E-state index in [1.54, 1.807) is 24.7 Å². The zero-order valence-corrected chi connectivity index (χ0v) is 16.6. The molecule has 2 N–H and O–H groups in total. The van der Waals surface area contributed by atoms with Gasteiger partial charge in [-0.25, -0.2) is 9.37 Å². The maximum atomic E-state index is 13.6. The summed E-state index contributed by atoms with van der Waals surface area (Å²) in [5.41, 5.74) is 4.35. The summed E-state index contributed by atoms with van der Waals surface area (Å²) in [6, 6.07) is 6.49. The minimum atomic E-state index is -0.415. The largest absolute Gasteiger partial charge is 0.392 e. The van der Waals surface area contributed by atoms with E-state index < -0.39 is 5.54 Å². The van der Waals surface area contributed by atoms with E-state index in [0.29, 0.717) is 0 Å². The van der Waals surface area contributed by atoms with Crippen LogP contribution in [0, 0.1) is 17.7 Å². The van der Waals surface area contributed by atoms with Gasteiger partial charge in [0.15, 0.2) is 0 Å². The molecule has 27 heavy (non-hydrogen) atoms. The fourth-order valence-corrected chi connectivity index (χ4v) is 3.69. The van der Waals surface area contributed by atoms with E-state index in [2.05, 4.69) is 44.9 Å². The fraction of sp³-hybridized carbons (Fsp3) is 0.409. The van der Waals surface area contributed by atoms with Crippen molar-refractivity contribution in [3.05, 3.63) is 65.6 Å². The molecule has 3 rings (SSSR count). The molecule has 0 amide bonds. The van der Waals surface area contributed by atoms with Crippen LogP contribution in [-0.2, 0) is 0 Å². The molecular weight excluding hydrogens is 341 g/mol. The first-order valence-corrected chi connectivity index (χ1v) is 9.41. The minimum Gasteiger partial charge on any atom is -0.392 e. The van der Waals surface area contributed by atoms with Crippen LogP contribution in [0.5, 0.6) is 0 Å². The second kappa shape index (κ2) is 7.31. The number of aliphatic hydroxyl groups excluding tert-OH is 1. The van der Waals surface area contributed by atoms with Gasteiger partial charge in [-0.05, 0) is 42.0 Å². The first kappa shape index (κ1) is 19.4. The predicted octanol–water partition coefficient (Wildman–Crippen LogP) is 4.31. The molecule has 0 radical (unpaired) electrons. The highest BCUT2D eigenvalue weighted by atomic mass is 19.1. The van der Waals surface area contributed by atoms with Crippen LogP contribution in [0.15, 0.2) is 54.3 Å². The molecule has 2 heterocycles. The predicted molar refractivity (Wildman–Crippen MR) is 107 cm³/mol. The van der Waals surface area contributed by atoms with Gasteiger partial charge in [0.2, 0.25) is 0 Å². The molecular formula is C22H28FN3O. The first-order valence-electron chi connectivity index (χ1n) is 9.41. The van der Waals surface area contributed by atoms with Gasteiger partial charge in [0.25, 0.3) is 0 Å². The number of rotatable bonds is 5. The molecule has 0 saturated heterocycles. The van der Waals surface area contributed by atoms with Crippen LogP contribution in [0.25, 0.3) is 11.3 Å². The zero-order valence-electron chi connectivity index (χ0n) is 16.6. The van der Waals surface area contributed by atoms with Crippen LogP contribution in [-0.4, -0.2) is 26.8 Å². The van der Waals surface area contributed by atoms with Gasteiger partial charge in [0.1, 0.15) is 5.82 Å². The SMILES string of the molecule is CC(C)C1=C(n2ccnc2)C(c2ccc(F)cc2)=C(CO)C(C)(C(C)C)N1. The average Bonchev–Trinajstić information content (AvgIpc) is 3.15. The molecule has 0 saturated carbocycles. The molecule has 1 atom stereocenters. The maximum Gasteiger partial charge on any atom is 0.123 e. The summed E-state index contributed by atoms with van der Waals surface area (Å²) in [7, 11) is 0. The highest BCUT2D eigenvalue weighted by molar-refractivity contribution is 6.02. The van der Waals surface area contributed by atoms with Crippen molar-refractivity contribution in [3.63, 3.8) is 0 Å². The van der Waals surface area contributed by atoms with Crippen molar-refractivity contribution < 1.29 is 9.50 Å². The Kier molecular flexibility index (Phi) is 5.24. The Morgan fingerprint density at radius 1 is 1.19 bits per heavy atom. The van der Waals surface area contributed by atoms with Crippen LogP contribution >= 0.6 is 0 Å². The number of allylic oxidation sites excluding steroid dienone is 3. The molecule has 1 aliphatic heterocycles. The lowest BCUT2D eigenvalue weighted by Crippen LogP contribution is -2.52. The molecule has 4 nitrogen and oxygen atoms in total. The summed E-state index contributed by atoms with van der Waals surface area (Å²) in [5.74, 6) is 0.201. The fourth-order valence-electron chi connectivity index (χ4n) is 3.69. The normalized spacial score (nSPS) is 20.6. The number of nitrogens with zero attached hydrogens (tertiary/aromatic N) is 2. The standard InChI is InChI=1S/C22H28FN3O/c1-14(2)20-21(26-11-10-24-13-26)19(16-6-8-17(23)9-7-16)18(12-27)22(5,25-20)15(3)4/h6-11,13-15,25,27H,12H2,1-5H3. The maximum absolute atomic E-state index is 13.6. The van der Waals surface area contributed by atoms with Crippen molar-refractivity contribution in [2.24, 2.45) is 11.8 Å². The summed E-state index contributed by atoms with van der Waals surface area (Å²) >= 11 is 0. The van der Waals surface area contributed by atoms with Crippen molar-refractivity contribution >= 4 is 11.3 Å². The third kappa shape index (κ3) is 3.32. The molecule has 0 aliphatic carbocycles. The van der Waals surface area contributed by atoms with E-state index in [1.165, 1.54) is 12.1 Å². The minimum absolute atomic E-state index is 0.0854. The Morgan fingerprint density at radius 2 is 1.85 bits per heavy atom. The lowest BCUT2D eigenvalue weighted by molar-refractivity contribution is 0.256. The Hall–Kier alpha value is -2.40. The van der Waals surface area contributed by atoms with Crippen molar-refractivity contribution in [1.29, 1.82) is 0 Å². The van der Waals surface area contributed by atoms with Crippen molar-refractivity contribution in [1.82, 2.24) is 14.9 Å². The smallest absolute Gasteiger partial charge is 0.123 e. The first-order chi connectivity index (χ1) is 12.8. The highest BCUT2D eigenvalue weighted by Gasteiger charge is 2.41. The third-order valence-electron chi connectivity index (χ3n) is 5.60. The van der Waals surface area contributed by atoms with Gasteiger partial charge >= 0.3 is 0 Å². The van der Waals surface area contributed by atoms with Gasteiger partial charge in [-0.3, -0.25) is 0 Å². The summed E-state index contributed by atoms with van der Waals surface area (Å²) in [5, 5.41) is 14.1. The Balaban J connectivity index is 2.39. The topological polar surface area (TPSA) is 50.1 Å². The number of aromatic nitrogens is 2. The Morgan fingerprint density at radius 3 is 2.33 bits per heavy atom. The monoisotopic (exact) mass is 369 g/mol. The van der Waals surface area contributed by atoms with E-state index in [9.17, 15) is 9.50 Å². The summed E-state index contributed by atoms with van der Waals surface area (Å²) in [6.07, 6.45) is 5.40. The molecule has 0 bridgehead atoms. The molecule has 1 aromatic carbocycles. The molecule has 2 aromatic rings. The van der Waals surface area contributed by atoms with Gasteiger partial charge in [-0.2, -0.15) is 0 Å². The van der Waals surface area contributed by atoms with E-state index in [-0.39, 0.29) is 24.3 Å². The molecule has 5 heteroatoms. The number of hydrogen-bond donors (Lipinski definition) is 2. The van der Waals surface area contributed by atoms with E-state index in [0.717, 1.165) is 28.1 Å². The van der Waals surface area contributed by atoms with E-state index >= 15 is 0 Å². The number of hydrogen-bond acceptors (Lipinski definition) is 3. The lowest BCUT2D eigenvalue weighted by atomic mass is 9.73. The number of benzene rings is 1. The second-order valence-corrected chi connectivity index (χ2v) is 7.89.